The second-order valence-electron chi connectivity index (χ2n) is 5.24. The zero-order valence-electron chi connectivity index (χ0n) is 12.3. The Kier molecular flexibility index (Phi) is 6.14. The molecular formula is C14H21BrN2O2S2. The molecule has 1 aliphatic heterocycles. The van der Waals surface area contributed by atoms with Crippen molar-refractivity contribution < 1.29 is 8.42 Å². The molecule has 1 aromatic carbocycles. The molecule has 0 unspecified atom stereocenters. The van der Waals surface area contributed by atoms with Crippen LogP contribution in [0.1, 0.15) is 24.0 Å². The Hall–Kier alpha value is -0.0800. The lowest BCUT2D eigenvalue weighted by molar-refractivity contribution is 0.528. The van der Waals surface area contributed by atoms with Crippen molar-refractivity contribution in [3.05, 3.63) is 27.7 Å². The zero-order chi connectivity index (χ0) is 15.5. The van der Waals surface area contributed by atoms with Crippen molar-refractivity contribution in [1.29, 1.82) is 0 Å². The first kappa shape index (κ1) is 17.3. The summed E-state index contributed by atoms with van der Waals surface area (Å²) >= 11 is 5.35. The van der Waals surface area contributed by atoms with Crippen LogP contribution in [-0.4, -0.2) is 33.0 Å². The fourth-order valence-electron chi connectivity index (χ4n) is 2.39. The summed E-state index contributed by atoms with van der Waals surface area (Å²) in [5.41, 5.74) is 1.71. The fraction of sp³-hybridized carbons (Fsp3) is 0.571. The summed E-state index contributed by atoms with van der Waals surface area (Å²) in [7, 11) is -1.62. The SMILES string of the molecule is CNCc1cc(Br)c(C)c(S(=O)(=O)NC2CCSCC2)c1. The summed E-state index contributed by atoms with van der Waals surface area (Å²) in [6.07, 6.45) is 1.81. The average molecular weight is 393 g/mol. The molecule has 1 heterocycles. The number of thioether (sulfide) groups is 1. The first-order chi connectivity index (χ1) is 9.94. The Bertz CT molecular complexity index is 599. The Morgan fingerprint density at radius 3 is 2.62 bits per heavy atom. The van der Waals surface area contributed by atoms with Gasteiger partial charge < -0.3 is 5.32 Å². The van der Waals surface area contributed by atoms with Crippen LogP contribution in [0.4, 0.5) is 0 Å². The Morgan fingerprint density at radius 2 is 2.00 bits per heavy atom. The molecule has 0 amide bonds. The molecule has 0 aromatic heterocycles. The molecular weight excluding hydrogens is 372 g/mol. The van der Waals surface area contributed by atoms with Crippen LogP contribution in [0.15, 0.2) is 21.5 Å². The van der Waals surface area contributed by atoms with Crippen LogP contribution in [0.5, 0.6) is 0 Å². The van der Waals surface area contributed by atoms with Crippen LogP contribution in [0.2, 0.25) is 0 Å². The van der Waals surface area contributed by atoms with E-state index in [9.17, 15) is 8.42 Å². The molecule has 0 radical (unpaired) electrons. The number of rotatable bonds is 5. The average Bonchev–Trinajstić information content (AvgIpc) is 2.43. The zero-order valence-corrected chi connectivity index (χ0v) is 15.5. The van der Waals surface area contributed by atoms with E-state index >= 15 is 0 Å². The molecule has 0 spiro atoms. The van der Waals surface area contributed by atoms with E-state index in [-0.39, 0.29) is 6.04 Å². The molecule has 118 valence electrons. The van der Waals surface area contributed by atoms with Gasteiger partial charge in [0.1, 0.15) is 0 Å². The Labute approximate surface area is 139 Å². The van der Waals surface area contributed by atoms with E-state index < -0.39 is 10.0 Å². The smallest absolute Gasteiger partial charge is 0.241 e. The lowest BCUT2D eigenvalue weighted by Gasteiger charge is -2.23. The molecule has 1 fully saturated rings. The molecule has 21 heavy (non-hydrogen) atoms. The van der Waals surface area contributed by atoms with Crippen molar-refractivity contribution in [3.8, 4) is 0 Å². The van der Waals surface area contributed by atoms with Crippen LogP contribution in [0.25, 0.3) is 0 Å². The summed E-state index contributed by atoms with van der Waals surface area (Å²) < 4.78 is 29.0. The molecule has 0 aliphatic carbocycles. The molecule has 0 saturated carbocycles. The summed E-state index contributed by atoms with van der Waals surface area (Å²) in [6.45, 7) is 2.47. The highest BCUT2D eigenvalue weighted by Gasteiger charge is 2.24. The summed E-state index contributed by atoms with van der Waals surface area (Å²) in [6, 6.07) is 3.78. The standard InChI is InChI=1S/C14H21BrN2O2S2/c1-10-13(15)7-11(9-16-2)8-14(10)21(18,19)17-12-3-5-20-6-4-12/h7-8,12,16-17H,3-6,9H2,1-2H3. The molecule has 0 atom stereocenters. The molecule has 4 nitrogen and oxygen atoms in total. The van der Waals surface area contributed by atoms with Crippen molar-refractivity contribution in [2.24, 2.45) is 0 Å². The third-order valence-electron chi connectivity index (χ3n) is 3.57. The number of benzene rings is 1. The van der Waals surface area contributed by atoms with Gasteiger partial charge in [0.25, 0.3) is 0 Å². The maximum Gasteiger partial charge on any atom is 0.241 e. The maximum absolute atomic E-state index is 12.7. The second-order valence-corrected chi connectivity index (χ2v) is 9.00. The van der Waals surface area contributed by atoms with Crippen molar-refractivity contribution in [2.75, 3.05) is 18.6 Å². The van der Waals surface area contributed by atoms with E-state index in [1.165, 1.54) is 0 Å². The van der Waals surface area contributed by atoms with E-state index in [0.717, 1.165) is 39.9 Å². The highest BCUT2D eigenvalue weighted by atomic mass is 79.9. The van der Waals surface area contributed by atoms with Gasteiger partial charge >= 0.3 is 0 Å². The largest absolute Gasteiger partial charge is 0.316 e. The number of hydrogen-bond donors (Lipinski definition) is 2. The van der Waals surface area contributed by atoms with Crippen molar-refractivity contribution in [2.45, 2.75) is 37.2 Å². The van der Waals surface area contributed by atoms with E-state index in [0.29, 0.717) is 11.4 Å². The first-order valence-corrected chi connectivity index (χ1v) is 10.4. The highest BCUT2D eigenvalue weighted by molar-refractivity contribution is 9.10. The number of sulfonamides is 1. The molecule has 7 heteroatoms. The Balaban J connectivity index is 2.29. The van der Waals surface area contributed by atoms with Crippen LogP contribution in [0, 0.1) is 6.92 Å². The fourth-order valence-corrected chi connectivity index (χ4v) is 5.76. The normalized spacial score (nSPS) is 17.1. The lowest BCUT2D eigenvalue weighted by atomic mass is 10.1. The lowest BCUT2D eigenvalue weighted by Crippen LogP contribution is -2.37. The van der Waals surface area contributed by atoms with E-state index in [2.05, 4.69) is 26.0 Å². The van der Waals surface area contributed by atoms with Gasteiger partial charge in [0.15, 0.2) is 0 Å². The van der Waals surface area contributed by atoms with Gasteiger partial charge in [-0.2, -0.15) is 11.8 Å². The van der Waals surface area contributed by atoms with E-state index in [4.69, 9.17) is 0 Å². The van der Waals surface area contributed by atoms with Crippen LogP contribution in [-0.2, 0) is 16.6 Å². The molecule has 1 aromatic rings. The van der Waals surface area contributed by atoms with Gasteiger partial charge in [-0.25, -0.2) is 13.1 Å². The molecule has 2 N–H and O–H groups in total. The molecule has 0 bridgehead atoms. The second kappa shape index (κ2) is 7.46. The quantitative estimate of drug-likeness (QED) is 0.808. The first-order valence-electron chi connectivity index (χ1n) is 6.97. The van der Waals surface area contributed by atoms with Gasteiger partial charge in [0, 0.05) is 17.1 Å². The van der Waals surface area contributed by atoms with Crippen molar-refractivity contribution >= 4 is 37.7 Å². The van der Waals surface area contributed by atoms with Crippen LogP contribution in [0.3, 0.4) is 0 Å². The molecule has 1 saturated heterocycles. The molecule has 1 aliphatic rings. The van der Waals surface area contributed by atoms with Gasteiger partial charge in [-0.1, -0.05) is 15.9 Å². The Morgan fingerprint density at radius 1 is 1.33 bits per heavy atom. The van der Waals surface area contributed by atoms with Gasteiger partial charge in [0.05, 0.1) is 4.90 Å². The third kappa shape index (κ3) is 4.45. The van der Waals surface area contributed by atoms with Crippen molar-refractivity contribution in [1.82, 2.24) is 10.0 Å². The summed E-state index contributed by atoms with van der Waals surface area (Å²) in [4.78, 5) is 0.375. The third-order valence-corrected chi connectivity index (χ3v) is 7.09. The highest BCUT2D eigenvalue weighted by Crippen LogP contribution is 2.27. The van der Waals surface area contributed by atoms with Gasteiger partial charge in [-0.15, -0.1) is 0 Å². The predicted octanol–water partition coefficient (Wildman–Crippen LogP) is 2.65. The minimum absolute atomic E-state index is 0.0578. The number of hydrogen-bond acceptors (Lipinski definition) is 4. The minimum atomic E-state index is -3.47. The van der Waals surface area contributed by atoms with Gasteiger partial charge in [-0.3, -0.25) is 0 Å². The van der Waals surface area contributed by atoms with Crippen LogP contribution >= 0.6 is 27.7 Å². The summed E-state index contributed by atoms with van der Waals surface area (Å²) in [5.74, 6) is 2.05. The predicted molar refractivity (Wildman–Crippen MR) is 92.3 cm³/mol. The summed E-state index contributed by atoms with van der Waals surface area (Å²) in [5, 5.41) is 3.05. The number of halogens is 1. The maximum atomic E-state index is 12.7. The van der Waals surface area contributed by atoms with E-state index in [1.54, 1.807) is 6.07 Å². The minimum Gasteiger partial charge on any atom is -0.316 e. The van der Waals surface area contributed by atoms with Gasteiger partial charge in [-0.05, 0) is 61.6 Å². The van der Waals surface area contributed by atoms with Crippen molar-refractivity contribution in [3.63, 3.8) is 0 Å². The molecule has 2 rings (SSSR count). The number of nitrogens with one attached hydrogen (secondary N) is 2. The van der Waals surface area contributed by atoms with Gasteiger partial charge in [0.2, 0.25) is 10.0 Å². The monoisotopic (exact) mass is 392 g/mol. The topological polar surface area (TPSA) is 58.2 Å². The van der Waals surface area contributed by atoms with Crippen LogP contribution < -0.4 is 10.0 Å². The van der Waals surface area contributed by atoms with E-state index in [1.807, 2.05) is 31.8 Å².